The summed E-state index contributed by atoms with van der Waals surface area (Å²) in [5, 5.41) is 7.31. The van der Waals surface area contributed by atoms with Gasteiger partial charge in [-0.05, 0) is 0 Å². The standard InChI is InChI=1S/C12H15N5O9S2/c1-24-12(20)26-3-6-8(10(19)17(6)28(21,22)23)15-9(18)7(16-25-2)5-4-27-11(13)14-5/h4,6,8H,3H2,1-2H3,(H2,13,14)(H,15,18)(H,21,22,23)/t6-,8+/m0/s1. The second kappa shape index (κ2) is 8.36. The van der Waals surface area contributed by atoms with Gasteiger partial charge in [0, 0.05) is 5.38 Å². The number of nitrogens with zero attached hydrogens (tertiary/aromatic N) is 3. The molecule has 0 radical (unpaired) electrons. The molecule has 0 aliphatic carbocycles. The first-order valence-electron chi connectivity index (χ1n) is 7.25. The van der Waals surface area contributed by atoms with Crippen molar-refractivity contribution in [2.75, 3.05) is 26.6 Å². The fourth-order valence-electron chi connectivity index (χ4n) is 2.24. The van der Waals surface area contributed by atoms with E-state index in [-0.39, 0.29) is 20.8 Å². The summed E-state index contributed by atoms with van der Waals surface area (Å²) in [6, 6.07) is -2.85. The van der Waals surface area contributed by atoms with Crippen molar-refractivity contribution in [1.82, 2.24) is 14.6 Å². The summed E-state index contributed by atoms with van der Waals surface area (Å²) in [4.78, 5) is 44.1. The van der Waals surface area contributed by atoms with E-state index in [1.54, 1.807) is 0 Å². The van der Waals surface area contributed by atoms with Gasteiger partial charge in [0.05, 0.1) is 7.11 Å². The van der Waals surface area contributed by atoms with Gasteiger partial charge in [-0.25, -0.2) is 14.1 Å². The molecule has 2 heterocycles. The Balaban J connectivity index is 2.21. The van der Waals surface area contributed by atoms with E-state index in [0.717, 1.165) is 18.4 Å². The van der Waals surface area contributed by atoms with Crippen molar-refractivity contribution in [2.24, 2.45) is 5.16 Å². The molecular formula is C12H15N5O9S2. The number of anilines is 1. The first-order valence-corrected chi connectivity index (χ1v) is 9.52. The van der Waals surface area contributed by atoms with Crippen molar-refractivity contribution in [2.45, 2.75) is 12.1 Å². The van der Waals surface area contributed by atoms with Crippen LogP contribution in [0.2, 0.25) is 0 Å². The van der Waals surface area contributed by atoms with Crippen LogP contribution in [0.3, 0.4) is 0 Å². The number of amides is 2. The van der Waals surface area contributed by atoms with Crippen molar-refractivity contribution >= 4 is 50.5 Å². The first kappa shape index (κ1) is 21.3. The fraction of sp³-hybridized carbons (Fsp3) is 0.417. The highest BCUT2D eigenvalue weighted by Crippen LogP contribution is 2.24. The molecule has 2 amide bonds. The minimum absolute atomic E-state index is 0.0580. The van der Waals surface area contributed by atoms with E-state index < -0.39 is 47.0 Å². The van der Waals surface area contributed by atoms with E-state index >= 15 is 0 Å². The molecule has 0 bridgehead atoms. The molecular weight excluding hydrogens is 422 g/mol. The minimum atomic E-state index is -4.95. The summed E-state index contributed by atoms with van der Waals surface area (Å²) in [6.45, 7) is -0.677. The molecule has 1 fully saturated rings. The lowest BCUT2D eigenvalue weighted by Gasteiger charge is -2.43. The Kier molecular flexibility index (Phi) is 6.37. The topological polar surface area (TPSA) is 200 Å². The lowest BCUT2D eigenvalue weighted by molar-refractivity contribution is -0.147. The zero-order chi connectivity index (χ0) is 21.1. The number of nitrogens with one attached hydrogen (secondary N) is 1. The summed E-state index contributed by atoms with van der Waals surface area (Å²) in [6.07, 6.45) is -1.15. The van der Waals surface area contributed by atoms with Gasteiger partial charge in [0.25, 0.3) is 11.8 Å². The third-order valence-electron chi connectivity index (χ3n) is 3.41. The van der Waals surface area contributed by atoms with Crippen LogP contribution in [0.5, 0.6) is 0 Å². The van der Waals surface area contributed by atoms with Gasteiger partial charge in [0.15, 0.2) is 10.8 Å². The smallest absolute Gasteiger partial charge is 0.438 e. The van der Waals surface area contributed by atoms with Crippen LogP contribution < -0.4 is 11.1 Å². The first-order chi connectivity index (χ1) is 13.1. The number of β-lactam (4-membered cyclic amide) rings is 1. The number of nitrogens with two attached hydrogens (primary N) is 1. The molecule has 1 aromatic heterocycles. The van der Waals surface area contributed by atoms with Gasteiger partial charge < -0.3 is 25.4 Å². The summed E-state index contributed by atoms with van der Waals surface area (Å²) in [5.74, 6) is -2.09. The molecule has 0 spiro atoms. The normalized spacial score (nSPS) is 19.6. The molecule has 4 N–H and O–H groups in total. The van der Waals surface area contributed by atoms with Crippen molar-refractivity contribution in [3.05, 3.63) is 11.1 Å². The number of hydrogen-bond acceptors (Lipinski definition) is 12. The zero-order valence-electron chi connectivity index (χ0n) is 14.4. The lowest BCUT2D eigenvalue weighted by atomic mass is 9.99. The number of ether oxygens (including phenoxy) is 2. The van der Waals surface area contributed by atoms with Crippen molar-refractivity contribution in [3.63, 3.8) is 0 Å². The van der Waals surface area contributed by atoms with Crippen LogP contribution in [0.15, 0.2) is 10.5 Å². The highest BCUT2D eigenvalue weighted by molar-refractivity contribution is 7.84. The number of methoxy groups -OCH3 is 1. The average Bonchev–Trinajstić information content (AvgIpc) is 3.04. The van der Waals surface area contributed by atoms with Crippen molar-refractivity contribution in [1.29, 1.82) is 0 Å². The maximum atomic E-state index is 12.5. The number of carbonyl (C=O) groups is 3. The van der Waals surface area contributed by atoms with Gasteiger partial charge in [0.2, 0.25) is 0 Å². The molecule has 2 atom stereocenters. The maximum absolute atomic E-state index is 12.5. The second-order valence-electron chi connectivity index (χ2n) is 5.09. The van der Waals surface area contributed by atoms with Crippen molar-refractivity contribution < 1.29 is 41.7 Å². The summed E-state index contributed by atoms with van der Waals surface area (Å²) < 4.78 is 40.8. The number of carbonyl (C=O) groups excluding carboxylic acids is 3. The molecule has 0 saturated carbocycles. The van der Waals surface area contributed by atoms with Crippen LogP contribution >= 0.6 is 11.3 Å². The van der Waals surface area contributed by atoms with E-state index in [1.807, 2.05) is 0 Å². The Bertz CT molecular complexity index is 912. The van der Waals surface area contributed by atoms with E-state index in [1.165, 1.54) is 12.5 Å². The molecule has 28 heavy (non-hydrogen) atoms. The Morgan fingerprint density at radius 1 is 1.46 bits per heavy atom. The number of thiazole rings is 1. The third kappa shape index (κ3) is 4.46. The number of aromatic nitrogens is 1. The monoisotopic (exact) mass is 437 g/mol. The van der Waals surface area contributed by atoms with Gasteiger partial charge in [-0.3, -0.25) is 14.1 Å². The molecule has 1 aliphatic heterocycles. The number of hydrogen-bond donors (Lipinski definition) is 3. The fourth-order valence-corrected chi connectivity index (χ4v) is 3.65. The average molecular weight is 437 g/mol. The summed E-state index contributed by atoms with van der Waals surface area (Å²) >= 11 is 1.02. The maximum Gasteiger partial charge on any atom is 0.508 e. The van der Waals surface area contributed by atoms with Crippen LogP contribution in [-0.4, -0.2) is 78.9 Å². The lowest BCUT2D eigenvalue weighted by Crippen LogP contribution is -2.73. The van der Waals surface area contributed by atoms with Crippen LogP contribution in [0.1, 0.15) is 5.69 Å². The molecule has 1 aliphatic rings. The highest BCUT2D eigenvalue weighted by atomic mass is 32.2. The van der Waals surface area contributed by atoms with Crippen molar-refractivity contribution in [3.8, 4) is 0 Å². The molecule has 1 saturated heterocycles. The third-order valence-corrected chi connectivity index (χ3v) is 5.03. The molecule has 2 rings (SSSR count). The SMILES string of the molecule is CON=C(C(=O)N[C@H]1C(=O)N(S(=O)(=O)O)[C@H]1COC(=O)OC)c1csc(N)n1. The number of nitrogen functional groups attached to an aromatic ring is 1. The molecule has 154 valence electrons. The predicted octanol–water partition coefficient (Wildman–Crippen LogP) is -1.64. The Hall–Kier alpha value is -2.98. The molecule has 14 nitrogen and oxygen atoms in total. The zero-order valence-corrected chi connectivity index (χ0v) is 16.0. The van der Waals surface area contributed by atoms with Crippen LogP contribution in [0.25, 0.3) is 0 Å². The van der Waals surface area contributed by atoms with Gasteiger partial charge >= 0.3 is 16.5 Å². The number of oxime groups is 1. The molecule has 16 heteroatoms. The largest absolute Gasteiger partial charge is 0.508 e. The molecule has 1 aromatic rings. The quantitative estimate of drug-likeness (QED) is 0.145. The Morgan fingerprint density at radius 3 is 2.64 bits per heavy atom. The van der Waals surface area contributed by atoms with Crippen LogP contribution in [0.4, 0.5) is 9.93 Å². The van der Waals surface area contributed by atoms with Gasteiger partial charge in [-0.2, -0.15) is 8.42 Å². The predicted molar refractivity (Wildman–Crippen MR) is 92.5 cm³/mol. The van der Waals surface area contributed by atoms with Gasteiger partial charge in [0.1, 0.15) is 31.5 Å². The summed E-state index contributed by atoms with van der Waals surface area (Å²) in [7, 11) is -2.76. The molecule has 0 unspecified atom stereocenters. The van der Waals surface area contributed by atoms with E-state index in [4.69, 9.17) is 10.3 Å². The van der Waals surface area contributed by atoms with Crippen LogP contribution in [0, 0.1) is 0 Å². The number of rotatable bonds is 7. The highest BCUT2D eigenvalue weighted by Gasteiger charge is 2.55. The minimum Gasteiger partial charge on any atom is -0.438 e. The van der Waals surface area contributed by atoms with E-state index in [9.17, 15) is 22.8 Å². The molecule has 0 aromatic carbocycles. The van der Waals surface area contributed by atoms with Crippen LogP contribution in [-0.2, 0) is 34.2 Å². The van der Waals surface area contributed by atoms with Gasteiger partial charge in [-0.1, -0.05) is 5.16 Å². The van der Waals surface area contributed by atoms with E-state index in [0.29, 0.717) is 0 Å². The Labute approximate surface area is 162 Å². The second-order valence-corrected chi connectivity index (χ2v) is 7.27. The van der Waals surface area contributed by atoms with Gasteiger partial charge in [-0.15, -0.1) is 11.3 Å². The Morgan fingerprint density at radius 2 is 2.14 bits per heavy atom. The van der Waals surface area contributed by atoms with E-state index in [2.05, 4.69) is 29.8 Å². The summed E-state index contributed by atoms with van der Waals surface area (Å²) in [5.41, 5.74) is 5.23.